The normalized spacial score (nSPS) is 15.8. The molecule has 0 spiro atoms. The summed E-state index contributed by atoms with van der Waals surface area (Å²) in [7, 11) is 0. The fourth-order valence-corrected chi connectivity index (χ4v) is 13.9. The minimum atomic E-state index is -0.249. The molecule has 2 heterocycles. The Hall–Kier alpha value is -7.94. The quantitative estimate of drug-likeness (QED) is 0.172. The van der Waals surface area contributed by atoms with Gasteiger partial charge in [0, 0.05) is 49.3 Å². The summed E-state index contributed by atoms with van der Waals surface area (Å²) in [6, 6.07) is 68.6. The zero-order valence-electron chi connectivity index (χ0n) is 41.9. The van der Waals surface area contributed by atoms with E-state index in [0.29, 0.717) is 0 Å². The van der Waals surface area contributed by atoms with Gasteiger partial charge >= 0.3 is 0 Å². The molecular weight excluding hydrogens is 873 g/mol. The Morgan fingerprint density at radius 1 is 0.375 bits per heavy atom. The Labute approximate surface area is 420 Å². The van der Waals surface area contributed by atoms with Crippen LogP contribution in [0.2, 0.25) is 0 Å². The van der Waals surface area contributed by atoms with Gasteiger partial charge in [-0.2, -0.15) is 0 Å². The molecule has 3 aliphatic rings. The molecule has 0 radical (unpaired) electrons. The van der Waals surface area contributed by atoms with E-state index in [-0.39, 0.29) is 22.2 Å². The first-order valence-corrected chi connectivity index (χ1v) is 25.8. The van der Waals surface area contributed by atoms with Crippen molar-refractivity contribution in [1.29, 1.82) is 0 Å². The lowest BCUT2D eigenvalue weighted by Gasteiger charge is -2.26. The first-order chi connectivity index (χ1) is 34.9. The van der Waals surface area contributed by atoms with E-state index in [1.54, 1.807) is 0 Å². The summed E-state index contributed by atoms with van der Waals surface area (Å²) < 4.78 is 13.4. The van der Waals surface area contributed by atoms with Crippen molar-refractivity contribution in [2.24, 2.45) is 0 Å². The smallest absolute Gasteiger partial charge is 0.143 e. The molecule has 3 aliphatic carbocycles. The molecule has 0 saturated heterocycles. The van der Waals surface area contributed by atoms with Crippen molar-refractivity contribution >= 4 is 54.6 Å². The largest absolute Gasteiger partial charge is 0.456 e. The Balaban J connectivity index is 0.850. The first-order valence-electron chi connectivity index (χ1n) is 25.8. The van der Waals surface area contributed by atoms with Gasteiger partial charge in [-0.25, -0.2) is 0 Å². The average molecular weight is 927 g/mol. The highest BCUT2D eigenvalue weighted by Crippen LogP contribution is 2.59. The fraction of sp³-hybridized carbons (Fsp3) is 0.171. The van der Waals surface area contributed by atoms with Crippen molar-refractivity contribution in [2.45, 2.75) is 77.0 Å². The number of hydrogen-bond donors (Lipinski definition) is 0. The molecule has 1 atom stereocenters. The van der Waals surface area contributed by atoms with Crippen LogP contribution in [0.3, 0.4) is 0 Å². The maximum absolute atomic E-state index is 6.91. The molecule has 0 amide bonds. The third kappa shape index (κ3) is 5.56. The second kappa shape index (κ2) is 14.4. The number of para-hydroxylation sites is 2. The molecule has 0 aliphatic heterocycles. The molecule has 0 fully saturated rings. The number of hydrogen-bond acceptors (Lipinski definition) is 2. The Morgan fingerprint density at radius 3 is 1.76 bits per heavy atom. The molecule has 72 heavy (non-hydrogen) atoms. The summed E-state index contributed by atoms with van der Waals surface area (Å²) in [6.07, 6.45) is 0.883. The van der Waals surface area contributed by atoms with E-state index in [1.807, 2.05) is 0 Å². The minimum Gasteiger partial charge on any atom is -0.456 e. The summed E-state index contributed by atoms with van der Waals surface area (Å²) in [4.78, 5) is 0. The number of furan rings is 2. The van der Waals surface area contributed by atoms with E-state index in [1.165, 1.54) is 127 Å². The molecule has 0 saturated carbocycles. The van der Waals surface area contributed by atoms with Gasteiger partial charge < -0.3 is 8.83 Å². The molecule has 2 heteroatoms. The van der Waals surface area contributed by atoms with Crippen LogP contribution in [0.25, 0.3) is 99.2 Å². The van der Waals surface area contributed by atoms with Crippen molar-refractivity contribution in [1.82, 2.24) is 0 Å². The highest BCUT2D eigenvalue weighted by molar-refractivity contribution is 6.20. The van der Waals surface area contributed by atoms with Crippen LogP contribution in [0.15, 0.2) is 191 Å². The van der Waals surface area contributed by atoms with Crippen molar-refractivity contribution in [3.05, 3.63) is 238 Å². The van der Waals surface area contributed by atoms with Crippen LogP contribution in [0, 0.1) is 6.92 Å². The van der Waals surface area contributed by atoms with Gasteiger partial charge in [0.05, 0.1) is 0 Å². The molecule has 10 aromatic carbocycles. The molecule has 1 unspecified atom stereocenters. The minimum absolute atomic E-state index is 0.154. The van der Waals surface area contributed by atoms with E-state index in [2.05, 4.69) is 230 Å². The lowest BCUT2D eigenvalue weighted by Crippen LogP contribution is -2.17. The predicted molar refractivity (Wildman–Crippen MR) is 300 cm³/mol. The predicted octanol–water partition coefficient (Wildman–Crippen LogP) is 18.9. The van der Waals surface area contributed by atoms with Crippen molar-refractivity contribution < 1.29 is 8.83 Å². The molecule has 15 rings (SSSR count). The van der Waals surface area contributed by atoms with Crippen LogP contribution in [0.5, 0.6) is 0 Å². The van der Waals surface area contributed by atoms with Crippen LogP contribution < -0.4 is 0 Å². The van der Waals surface area contributed by atoms with Crippen LogP contribution in [0.1, 0.15) is 103 Å². The van der Waals surface area contributed by atoms with Crippen molar-refractivity contribution in [3.8, 4) is 44.5 Å². The van der Waals surface area contributed by atoms with Gasteiger partial charge in [-0.3, -0.25) is 0 Å². The van der Waals surface area contributed by atoms with E-state index in [4.69, 9.17) is 8.83 Å². The first kappa shape index (κ1) is 41.8. The third-order valence-corrected chi connectivity index (χ3v) is 17.7. The lowest BCUT2D eigenvalue weighted by molar-refractivity contribution is 0.649. The van der Waals surface area contributed by atoms with Crippen LogP contribution in [0.4, 0.5) is 0 Å². The zero-order chi connectivity index (χ0) is 48.6. The molecule has 346 valence electrons. The summed E-state index contributed by atoms with van der Waals surface area (Å²) in [5, 5.41) is 7.28. The highest BCUT2D eigenvalue weighted by atomic mass is 16.3. The Bertz CT molecular complexity index is 4330. The number of benzene rings is 10. The SMILES string of the molecule is Cc1ccc(C(Cc2ccc3c(c2)C(C)(C)c2cc(-c4cccc5ccccc45)c4oc5ccccc5c4c2-3)c2ccc3c(c2)C(C)(C)c2cc4c(cc2-3)C(C)(C)c2ccc3oc5ccccc5c3c2-4)cc1. The monoisotopic (exact) mass is 926 g/mol. The lowest BCUT2D eigenvalue weighted by atomic mass is 9.77. The summed E-state index contributed by atoms with van der Waals surface area (Å²) in [6.45, 7) is 16.7. The van der Waals surface area contributed by atoms with Crippen molar-refractivity contribution in [3.63, 3.8) is 0 Å². The second-order valence-electron chi connectivity index (χ2n) is 22.8. The Kier molecular flexibility index (Phi) is 8.34. The second-order valence-corrected chi connectivity index (χ2v) is 22.8. The van der Waals surface area contributed by atoms with E-state index >= 15 is 0 Å². The van der Waals surface area contributed by atoms with Gasteiger partial charge in [0.1, 0.15) is 22.3 Å². The standard InChI is InChI=1S/C70H54O2/c1-39-23-26-42(27-24-39)50(43-28-30-46-51-36-58-53(38-57(51)69(4,5)56(46)35-43)64-54(68(58,2)3)31-32-62-65(64)48-18-10-12-21-60(48)71-62)33-40-25-29-47-55(34-40)70(6,7)59-37-52(45-20-14-16-41-15-8-9-17-44(41)45)67-66(63(47)59)49-19-11-13-22-61(49)72-67/h8-32,34-38,50H,33H2,1-7H3. The van der Waals surface area contributed by atoms with Crippen LogP contribution in [-0.4, -0.2) is 0 Å². The van der Waals surface area contributed by atoms with Gasteiger partial charge in [0.15, 0.2) is 0 Å². The average Bonchev–Trinajstić information content (AvgIpc) is 4.14. The third-order valence-electron chi connectivity index (χ3n) is 17.7. The molecule has 2 aromatic heterocycles. The van der Waals surface area contributed by atoms with E-state index < -0.39 is 0 Å². The van der Waals surface area contributed by atoms with Gasteiger partial charge in [-0.15, -0.1) is 0 Å². The van der Waals surface area contributed by atoms with E-state index in [9.17, 15) is 0 Å². The van der Waals surface area contributed by atoms with Crippen LogP contribution in [-0.2, 0) is 22.7 Å². The summed E-state index contributed by atoms with van der Waals surface area (Å²) in [5.41, 5.74) is 27.2. The zero-order valence-corrected chi connectivity index (χ0v) is 41.9. The molecular formula is C70H54O2. The molecule has 2 nitrogen and oxygen atoms in total. The topological polar surface area (TPSA) is 26.3 Å². The van der Waals surface area contributed by atoms with Gasteiger partial charge in [0.25, 0.3) is 0 Å². The molecule has 0 N–H and O–H groups in total. The highest BCUT2D eigenvalue weighted by Gasteiger charge is 2.44. The number of rotatable bonds is 5. The van der Waals surface area contributed by atoms with Gasteiger partial charge in [-0.05, 0) is 150 Å². The maximum Gasteiger partial charge on any atom is 0.143 e. The molecule has 12 aromatic rings. The summed E-state index contributed by atoms with van der Waals surface area (Å²) >= 11 is 0. The van der Waals surface area contributed by atoms with Crippen molar-refractivity contribution in [2.75, 3.05) is 0 Å². The van der Waals surface area contributed by atoms with Crippen LogP contribution >= 0.6 is 0 Å². The van der Waals surface area contributed by atoms with E-state index in [0.717, 1.165) is 34.3 Å². The number of fused-ring (bicyclic) bond motifs is 18. The molecule has 0 bridgehead atoms. The summed E-state index contributed by atoms with van der Waals surface area (Å²) in [5.74, 6) is 0.154. The fourth-order valence-electron chi connectivity index (χ4n) is 13.9. The van der Waals surface area contributed by atoms with Gasteiger partial charge in [0.2, 0.25) is 0 Å². The maximum atomic E-state index is 6.91. The Morgan fingerprint density at radius 2 is 0.958 bits per heavy atom. The number of aryl methyl sites for hydroxylation is 1. The van der Waals surface area contributed by atoms with Gasteiger partial charge in [-0.1, -0.05) is 193 Å².